The van der Waals surface area contributed by atoms with E-state index in [1.165, 1.54) is 53.6 Å². The number of thiophene rings is 1. The number of Topliss-reactive ketones (excluding diaryl/α,β-unsaturated/α-hetero) is 1. The number of anilines is 10. The largest absolute Gasteiger partial charge is 0.773 e. The molecule has 0 amide bonds. The van der Waals surface area contributed by atoms with E-state index in [0.29, 0.717) is 87.9 Å². The highest BCUT2D eigenvalue weighted by atomic mass is 32.2. The van der Waals surface area contributed by atoms with E-state index >= 15 is 0 Å². The molecular formula is C82H84N33O4S4-. The number of ketones is 1. The Balaban J connectivity index is 0.000000139. The van der Waals surface area contributed by atoms with E-state index in [0.717, 1.165) is 99.8 Å². The van der Waals surface area contributed by atoms with Crippen molar-refractivity contribution in [2.24, 2.45) is 32.9 Å². The molecule has 41 heteroatoms. The third-order valence-corrected chi connectivity index (χ3v) is 19.8. The molecule has 10 heterocycles. The predicted molar refractivity (Wildman–Crippen MR) is 483 cm³/mol. The molecule has 17 rings (SSSR count). The normalized spacial score (nSPS) is 12.1. The van der Waals surface area contributed by atoms with Crippen LogP contribution < -0.4 is 64.9 Å². The number of thioether (sulfide) groups is 1. The van der Waals surface area contributed by atoms with E-state index in [1.54, 1.807) is 60.7 Å². The van der Waals surface area contributed by atoms with E-state index < -0.39 is 11.1 Å². The number of nitrogens with one attached hydrogen (secondary N) is 13. The lowest BCUT2D eigenvalue weighted by Gasteiger charge is -2.12. The number of aromatic nitrogens is 19. The fraction of sp³-hybridized carbons (Fsp3) is 0.134. The topological polar surface area (TPSA) is 566 Å². The predicted octanol–water partition coefficient (Wildman–Crippen LogP) is 14.3. The van der Waals surface area contributed by atoms with Gasteiger partial charge in [0.25, 0.3) is 5.95 Å². The molecule has 0 bridgehead atoms. The Kier molecular flexibility index (Phi) is 31.0. The maximum Gasteiger partial charge on any atom is 0.251 e. The van der Waals surface area contributed by atoms with E-state index in [9.17, 15) is 4.79 Å². The van der Waals surface area contributed by atoms with Crippen molar-refractivity contribution in [2.45, 2.75) is 74.8 Å². The molecule has 37 nitrogen and oxygen atoms in total. The highest BCUT2D eigenvalue weighted by Gasteiger charge is 2.26. The molecule has 6 aromatic carbocycles. The minimum absolute atomic E-state index is 0.165. The number of ether oxygens (including phenoxy) is 1. The van der Waals surface area contributed by atoms with Crippen molar-refractivity contribution in [1.82, 2.24) is 102 Å². The van der Waals surface area contributed by atoms with Crippen LogP contribution in [0.3, 0.4) is 0 Å². The van der Waals surface area contributed by atoms with Crippen LogP contribution in [-0.2, 0) is 34.5 Å². The van der Waals surface area contributed by atoms with Crippen LogP contribution in [0.2, 0.25) is 0 Å². The van der Waals surface area contributed by atoms with Gasteiger partial charge in [-0.3, -0.25) is 39.6 Å². The quantitative estimate of drug-likeness (QED) is 0.0144. The van der Waals surface area contributed by atoms with Gasteiger partial charge in [0.1, 0.15) is 28.6 Å². The zero-order valence-corrected chi connectivity index (χ0v) is 70.0. The van der Waals surface area contributed by atoms with Crippen LogP contribution >= 0.6 is 34.9 Å². The smallest absolute Gasteiger partial charge is 0.251 e. The van der Waals surface area contributed by atoms with Gasteiger partial charge in [-0.25, -0.2) is 4.99 Å². The molecule has 10 aromatic heterocycles. The molecule has 0 spiro atoms. The Bertz CT molecular complexity index is 6310. The summed E-state index contributed by atoms with van der Waals surface area (Å²) in [5, 5.41) is 102. The van der Waals surface area contributed by atoms with Crippen molar-refractivity contribution >= 4 is 160 Å². The SMILES string of the molecule is CC(=O)Cc1ccc(Sc2cnnc(Nc3cc(C)[nH]n3)c2)cc1.CS(=O)[O-].Cc1cc(Nc2cc(Nc3ccc4cn[nH]c4c3)cnn2)n[nH]1.Cc1ccc(N/C(=C/N)NC(N)=Nc2n[nH]c3ccccc23)cc1.N#CCc1ccc(Oc2cnnc(Nc3cc(C4CC4)[nH]n3)n2)cc1.N/C=C(\N=C(N)Nc1n[nH]c2ccccc12)SCc1cccs1. The summed E-state index contributed by atoms with van der Waals surface area (Å²) in [5.74, 6) is 8.25. The van der Waals surface area contributed by atoms with Crippen molar-refractivity contribution in [1.29, 1.82) is 5.26 Å². The second kappa shape index (κ2) is 43.9. The zero-order chi connectivity index (χ0) is 86.2. The summed E-state index contributed by atoms with van der Waals surface area (Å²) < 4.78 is 23.7. The van der Waals surface area contributed by atoms with Crippen LogP contribution in [0.15, 0.2) is 255 Å². The Morgan fingerprint density at radius 1 is 0.634 bits per heavy atom. The molecule has 21 N–H and O–H groups in total. The molecule has 1 unspecified atom stereocenters. The van der Waals surface area contributed by atoms with Crippen molar-refractivity contribution in [2.75, 3.05) is 38.2 Å². The number of fused-ring (bicyclic) bond motifs is 3. The van der Waals surface area contributed by atoms with Crippen molar-refractivity contribution < 1.29 is 18.3 Å². The third-order valence-electron chi connectivity index (χ3n) is 16.8. The Morgan fingerprint density at radius 2 is 1.29 bits per heavy atom. The number of aromatic amines is 6. The Labute approximate surface area is 718 Å². The molecule has 0 aliphatic heterocycles. The number of nitriles is 1. The van der Waals surface area contributed by atoms with Crippen LogP contribution in [0.1, 0.15) is 64.3 Å². The Morgan fingerprint density at radius 3 is 1.97 bits per heavy atom. The van der Waals surface area contributed by atoms with Crippen LogP contribution in [0, 0.1) is 32.1 Å². The number of nitrogens with zero attached hydrogens (tertiary/aromatic N) is 16. The summed E-state index contributed by atoms with van der Waals surface area (Å²) in [5.41, 5.74) is 34.9. The highest BCUT2D eigenvalue weighted by Crippen LogP contribution is 2.40. The first-order chi connectivity index (χ1) is 59.8. The number of benzene rings is 6. The van der Waals surface area contributed by atoms with Crippen molar-refractivity contribution in [3.8, 4) is 17.7 Å². The molecular weight excluding hydrogens is 1640 g/mol. The standard InChI is InChI=1S/C17H15N7O.C17H19N7.C17H17N5OS.C15H14N8.C15H16N6S2.CH4O2S/c18-8-7-11-1-5-13(6-2-11)25-16-10-19-24-17(21-16)20-15-9-14(22-23-15)12-3-4-12;1-11-6-8-12(9-7-11)20-15(10-18)21-17(19)22-16-13-4-2-3-5-14(13)23-24-16;1-11-7-16(22-20-11)19-17-9-15(10-18-21-17)24-14-5-3-13(4-6-14)8-12(2)23;1-9-4-14(23-20-9)19-15-6-12(8-17-22-15)18-11-3-2-10-7-16-21-13(10)5-11;16-8-13(23-9-10-4-3-7-22-10)18-15(17)19-14-11-5-1-2-6-12(11)20-21-14;1-4(2)3/h1-2,5-6,9-10,12H,3-4,7H2,(H2,20,21,22,23,24);2-10,20H,18H2,1H3,(H4,19,21,22,23,24);3-7,9-10H,8H2,1-2H3,(H2,19,20,21,22);2-8H,1H3,(H,16,21)(H3,18,19,20,22,23);1-8H,9,16H2,(H4,17,18,19,20,21);1H3,(H,2,3)/p-1/b;15-10-;;;13-8+;. The first-order valence-electron chi connectivity index (χ1n) is 37.6. The highest BCUT2D eigenvalue weighted by molar-refractivity contribution is 8.02. The third kappa shape index (κ3) is 27.9. The summed E-state index contributed by atoms with van der Waals surface area (Å²) in [7, 11) is 0. The van der Waals surface area contributed by atoms with Crippen LogP contribution in [0.5, 0.6) is 11.6 Å². The van der Waals surface area contributed by atoms with E-state index in [-0.39, 0.29) is 17.7 Å². The van der Waals surface area contributed by atoms with Crippen LogP contribution in [0.25, 0.3) is 32.7 Å². The number of carbonyl (C=O) groups excluding carboxylic acids is 1. The van der Waals surface area contributed by atoms with Gasteiger partial charge in [0, 0.05) is 114 Å². The van der Waals surface area contributed by atoms with Gasteiger partial charge in [-0.2, -0.15) is 56.0 Å². The molecule has 1 fully saturated rings. The Hall–Kier alpha value is -15.4. The number of H-pyrrole nitrogens is 6. The van der Waals surface area contributed by atoms with Gasteiger partial charge in [0.05, 0.1) is 53.3 Å². The number of para-hydroxylation sites is 2. The average molecular weight is 1720 g/mol. The second-order valence-corrected chi connectivity index (χ2v) is 30.7. The molecule has 1 saturated carbocycles. The molecule has 626 valence electrons. The fourth-order valence-corrected chi connectivity index (χ4v) is 13.5. The van der Waals surface area contributed by atoms with Gasteiger partial charge in [0.2, 0.25) is 11.8 Å². The molecule has 1 aliphatic carbocycles. The van der Waals surface area contributed by atoms with Gasteiger partial charge in [-0.15, -0.1) is 31.7 Å². The number of guanidine groups is 2. The summed E-state index contributed by atoms with van der Waals surface area (Å²) >= 11 is 2.96. The van der Waals surface area contributed by atoms with Gasteiger partial charge in [-0.05, 0) is 154 Å². The van der Waals surface area contributed by atoms with E-state index in [4.69, 9.17) is 41.7 Å². The van der Waals surface area contributed by atoms with Gasteiger partial charge in [-0.1, -0.05) is 107 Å². The van der Waals surface area contributed by atoms with Gasteiger partial charge in [0.15, 0.2) is 46.7 Å². The lowest BCUT2D eigenvalue weighted by molar-refractivity contribution is -0.116. The molecule has 16 aromatic rings. The summed E-state index contributed by atoms with van der Waals surface area (Å²) in [6.45, 7) is 7.50. The average Bonchev–Trinajstić information content (AvgIpc) is 1.69. The number of nitrogens with two attached hydrogens (primary N) is 4. The summed E-state index contributed by atoms with van der Waals surface area (Å²) in [6, 6.07) is 60.4. The minimum Gasteiger partial charge on any atom is -0.773 e. The lowest BCUT2D eigenvalue weighted by atomic mass is 10.1. The first kappa shape index (κ1) is 86.9. The number of rotatable bonds is 25. The number of hydrogen-bond acceptors (Lipinski definition) is 30. The zero-order valence-electron chi connectivity index (χ0n) is 66.7. The van der Waals surface area contributed by atoms with Crippen molar-refractivity contribution in [3.63, 3.8) is 0 Å². The first-order valence-corrected chi connectivity index (χ1v) is 41.7. The van der Waals surface area contributed by atoms with Crippen LogP contribution in [0.4, 0.5) is 63.7 Å². The number of aryl methyl sites for hydroxylation is 3. The van der Waals surface area contributed by atoms with Gasteiger partial charge < -0.3 is 69.4 Å². The molecule has 1 atom stereocenters. The van der Waals surface area contributed by atoms with Crippen LogP contribution in [-0.4, -0.2) is 129 Å². The maximum absolute atomic E-state index is 11.1. The molecule has 0 radical (unpaired) electrons. The number of hydrogen-bond donors (Lipinski definition) is 17. The number of aliphatic imine (C=N–C) groups is 2. The summed E-state index contributed by atoms with van der Waals surface area (Å²) in [4.78, 5) is 27.3. The minimum atomic E-state index is -1.86. The fourth-order valence-electron chi connectivity index (χ4n) is 11.1. The van der Waals surface area contributed by atoms with Crippen molar-refractivity contribution in [3.05, 3.63) is 274 Å². The molecule has 0 saturated heterocycles. The monoisotopic (exact) mass is 1720 g/mol. The number of carbonyl (C=O) groups is 1. The van der Waals surface area contributed by atoms with E-state index in [1.807, 2.05) is 190 Å². The molecule has 1 aliphatic rings. The van der Waals surface area contributed by atoms with E-state index in [2.05, 4.69) is 156 Å². The summed E-state index contributed by atoms with van der Waals surface area (Å²) in [6.07, 6.45) is 13.8. The van der Waals surface area contributed by atoms with Gasteiger partial charge >= 0.3 is 0 Å². The lowest BCUT2D eigenvalue weighted by Crippen LogP contribution is -2.34. The maximum atomic E-state index is 11.1. The second-order valence-electron chi connectivity index (χ2n) is 26.8. The molecule has 123 heavy (non-hydrogen) atoms.